The zero-order chi connectivity index (χ0) is 40.5. The maximum Gasteiger partial charge on any atom is 0.249 e. The lowest BCUT2D eigenvalue weighted by Crippen LogP contribution is -2.60. The quantitative estimate of drug-likeness (QED) is 0.0300. The van der Waals surface area contributed by atoms with E-state index in [1.165, 1.54) is 128 Å². The standard InChI is InChI=1S/C44H87NO10/c1-3-5-7-9-11-13-15-16-17-18-19-20-22-23-25-27-29-31-36(47)39(49)35(34-54-44-42(52)41(51)40(50)38(33-46)55-44)45-43(53)37(48)32-30-28-26-24-21-14-12-10-8-6-4-2/h35-42,44,46-52H,3-34H2,1-2H3,(H,45,53). The highest BCUT2D eigenvalue weighted by atomic mass is 16.7. The molecular weight excluding hydrogens is 702 g/mol. The molecule has 328 valence electrons. The van der Waals surface area contributed by atoms with Crippen molar-refractivity contribution in [3.63, 3.8) is 0 Å². The predicted molar refractivity (Wildman–Crippen MR) is 220 cm³/mol. The number of aliphatic hydroxyl groups excluding tert-OH is 7. The molecule has 0 saturated carbocycles. The molecule has 9 atom stereocenters. The van der Waals surface area contributed by atoms with Crippen molar-refractivity contribution in [3.05, 3.63) is 0 Å². The van der Waals surface area contributed by atoms with Gasteiger partial charge in [0, 0.05) is 0 Å². The summed E-state index contributed by atoms with van der Waals surface area (Å²) in [5, 5.41) is 75.5. The van der Waals surface area contributed by atoms with Gasteiger partial charge in [0.2, 0.25) is 5.91 Å². The number of rotatable bonds is 38. The minimum atomic E-state index is -1.65. The molecule has 1 amide bonds. The minimum Gasteiger partial charge on any atom is -0.394 e. The highest BCUT2D eigenvalue weighted by Crippen LogP contribution is 2.23. The number of nitrogens with one attached hydrogen (secondary N) is 1. The van der Waals surface area contributed by atoms with Crippen LogP contribution in [0.1, 0.15) is 206 Å². The molecule has 11 heteroatoms. The second kappa shape index (κ2) is 35.1. The normalized spacial score (nSPS) is 22.4. The van der Waals surface area contributed by atoms with Gasteiger partial charge in [0.05, 0.1) is 25.4 Å². The molecule has 0 aliphatic carbocycles. The van der Waals surface area contributed by atoms with Gasteiger partial charge in [0.1, 0.15) is 36.6 Å². The van der Waals surface area contributed by atoms with E-state index in [2.05, 4.69) is 19.2 Å². The van der Waals surface area contributed by atoms with Crippen LogP contribution in [0.25, 0.3) is 0 Å². The van der Waals surface area contributed by atoms with Gasteiger partial charge in [0.15, 0.2) is 6.29 Å². The summed E-state index contributed by atoms with van der Waals surface area (Å²) in [6, 6.07) is -1.16. The smallest absolute Gasteiger partial charge is 0.249 e. The van der Waals surface area contributed by atoms with E-state index in [0.717, 1.165) is 38.5 Å². The summed E-state index contributed by atoms with van der Waals surface area (Å²) in [5.74, 6) is -0.696. The van der Waals surface area contributed by atoms with E-state index >= 15 is 0 Å². The van der Waals surface area contributed by atoms with Gasteiger partial charge in [-0.05, 0) is 12.8 Å². The van der Waals surface area contributed by atoms with Gasteiger partial charge in [-0.2, -0.15) is 0 Å². The molecule has 11 nitrogen and oxygen atoms in total. The highest BCUT2D eigenvalue weighted by molar-refractivity contribution is 5.80. The Balaban J connectivity index is 2.45. The van der Waals surface area contributed by atoms with Gasteiger partial charge in [-0.1, -0.05) is 194 Å². The van der Waals surface area contributed by atoms with Crippen LogP contribution < -0.4 is 5.32 Å². The third-order valence-electron chi connectivity index (χ3n) is 11.4. The van der Waals surface area contributed by atoms with Crippen LogP contribution in [0.2, 0.25) is 0 Å². The lowest BCUT2D eigenvalue weighted by atomic mass is 9.98. The Morgan fingerprint density at radius 3 is 1.35 bits per heavy atom. The first kappa shape index (κ1) is 52.1. The van der Waals surface area contributed by atoms with Crippen LogP contribution in [0.5, 0.6) is 0 Å². The molecule has 1 aliphatic heterocycles. The molecule has 0 aromatic rings. The highest BCUT2D eigenvalue weighted by Gasteiger charge is 2.44. The Morgan fingerprint density at radius 2 is 0.945 bits per heavy atom. The summed E-state index contributed by atoms with van der Waals surface area (Å²) in [7, 11) is 0. The van der Waals surface area contributed by atoms with E-state index in [9.17, 15) is 40.5 Å². The van der Waals surface area contributed by atoms with Crippen molar-refractivity contribution in [1.29, 1.82) is 0 Å². The van der Waals surface area contributed by atoms with E-state index in [1.807, 2.05) is 0 Å². The second-order valence-corrected chi connectivity index (χ2v) is 16.5. The lowest BCUT2D eigenvalue weighted by Gasteiger charge is -2.40. The molecule has 0 radical (unpaired) electrons. The van der Waals surface area contributed by atoms with Crippen LogP contribution in [0.4, 0.5) is 0 Å². The molecule has 0 aromatic heterocycles. The van der Waals surface area contributed by atoms with Crippen molar-refractivity contribution >= 4 is 5.91 Å². The van der Waals surface area contributed by atoms with E-state index in [4.69, 9.17) is 9.47 Å². The number of carbonyl (C=O) groups excluding carboxylic acids is 1. The molecule has 55 heavy (non-hydrogen) atoms. The zero-order valence-corrected chi connectivity index (χ0v) is 35.2. The maximum atomic E-state index is 13.0. The molecule has 0 spiro atoms. The topological polar surface area (TPSA) is 189 Å². The van der Waals surface area contributed by atoms with Crippen molar-refractivity contribution in [1.82, 2.24) is 5.32 Å². The first-order valence-corrected chi connectivity index (χ1v) is 22.9. The minimum absolute atomic E-state index is 0.265. The molecule has 1 rings (SSSR count). The third-order valence-corrected chi connectivity index (χ3v) is 11.4. The Hall–Kier alpha value is -0.890. The van der Waals surface area contributed by atoms with Gasteiger partial charge in [-0.15, -0.1) is 0 Å². The van der Waals surface area contributed by atoms with Gasteiger partial charge in [0.25, 0.3) is 0 Å². The zero-order valence-electron chi connectivity index (χ0n) is 35.2. The van der Waals surface area contributed by atoms with Gasteiger partial charge < -0.3 is 50.5 Å². The van der Waals surface area contributed by atoms with Gasteiger partial charge in [-0.25, -0.2) is 0 Å². The summed E-state index contributed by atoms with van der Waals surface area (Å²) in [5.41, 5.74) is 0. The van der Waals surface area contributed by atoms with Crippen LogP contribution in [-0.4, -0.2) is 110 Å². The average molecular weight is 790 g/mol. The van der Waals surface area contributed by atoms with Crippen LogP contribution in [0.15, 0.2) is 0 Å². The fourth-order valence-electron chi connectivity index (χ4n) is 7.56. The Morgan fingerprint density at radius 1 is 0.564 bits per heavy atom. The maximum absolute atomic E-state index is 13.0. The fraction of sp³-hybridized carbons (Fsp3) is 0.977. The number of hydrogen-bond donors (Lipinski definition) is 8. The van der Waals surface area contributed by atoms with Crippen molar-refractivity contribution in [2.24, 2.45) is 0 Å². The number of amides is 1. The molecule has 9 unspecified atom stereocenters. The van der Waals surface area contributed by atoms with E-state index in [-0.39, 0.29) is 6.42 Å². The molecule has 0 bridgehead atoms. The first-order valence-electron chi connectivity index (χ1n) is 22.9. The average Bonchev–Trinajstić information content (AvgIpc) is 3.18. The monoisotopic (exact) mass is 790 g/mol. The van der Waals surface area contributed by atoms with Gasteiger partial charge in [-0.3, -0.25) is 4.79 Å². The summed E-state index contributed by atoms with van der Waals surface area (Å²) in [4.78, 5) is 13.0. The summed E-state index contributed by atoms with van der Waals surface area (Å²) >= 11 is 0. The number of aliphatic hydroxyl groups is 7. The van der Waals surface area contributed by atoms with Crippen molar-refractivity contribution < 1.29 is 50.0 Å². The molecule has 1 aliphatic rings. The Labute approximate surface area is 335 Å². The summed E-state index contributed by atoms with van der Waals surface area (Å²) in [6.07, 6.45) is 22.9. The second-order valence-electron chi connectivity index (χ2n) is 16.5. The van der Waals surface area contributed by atoms with E-state index in [1.54, 1.807) is 0 Å². The molecule has 1 heterocycles. The molecule has 8 N–H and O–H groups in total. The molecule has 1 fully saturated rings. The number of ether oxygens (including phenoxy) is 2. The SMILES string of the molecule is CCCCCCCCCCCCCCCCCCCC(O)C(O)C(COC1OC(CO)C(O)C(O)C1O)NC(=O)C(O)CCCCCCCCCCCCC. The largest absolute Gasteiger partial charge is 0.394 e. The van der Waals surface area contributed by atoms with Crippen molar-refractivity contribution in [2.45, 2.75) is 262 Å². The number of carbonyl (C=O) groups is 1. The van der Waals surface area contributed by atoms with E-state index < -0.39 is 74.2 Å². The Kier molecular flexibility index (Phi) is 33.3. The van der Waals surface area contributed by atoms with Crippen LogP contribution in [0.3, 0.4) is 0 Å². The summed E-state index contributed by atoms with van der Waals surface area (Å²) in [6.45, 7) is 3.43. The fourth-order valence-corrected chi connectivity index (χ4v) is 7.56. The van der Waals surface area contributed by atoms with Crippen molar-refractivity contribution in [3.8, 4) is 0 Å². The molecule has 0 aromatic carbocycles. The first-order chi connectivity index (χ1) is 26.7. The molecular formula is C44H87NO10. The van der Waals surface area contributed by atoms with Crippen LogP contribution in [0, 0.1) is 0 Å². The molecule has 1 saturated heterocycles. The van der Waals surface area contributed by atoms with Crippen LogP contribution in [-0.2, 0) is 14.3 Å². The van der Waals surface area contributed by atoms with Crippen LogP contribution >= 0.6 is 0 Å². The predicted octanol–water partition coefficient (Wildman–Crippen LogP) is 7.11. The number of hydrogen-bond acceptors (Lipinski definition) is 10. The third kappa shape index (κ3) is 25.3. The van der Waals surface area contributed by atoms with Gasteiger partial charge >= 0.3 is 0 Å². The van der Waals surface area contributed by atoms with Crippen molar-refractivity contribution in [2.75, 3.05) is 13.2 Å². The van der Waals surface area contributed by atoms with E-state index in [0.29, 0.717) is 19.3 Å². The lowest BCUT2D eigenvalue weighted by molar-refractivity contribution is -0.303. The Bertz CT molecular complexity index is 866. The summed E-state index contributed by atoms with van der Waals surface area (Å²) < 4.78 is 11.1. The number of unbranched alkanes of at least 4 members (excludes halogenated alkanes) is 26.